The maximum atomic E-state index is 13.1. The van der Waals surface area contributed by atoms with Gasteiger partial charge in [-0.05, 0) is 46.3 Å². The Kier molecular flexibility index (Phi) is 4.26. The van der Waals surface area contributed by atoms with Crippen molar-refractivity contribution in [3.8, 4) is 0 Å². The number of nitrogens with one attached hydrogen (secondary N) is 2. The van der Waals surface area contributed by atoms with Crippen LogP contribution in [-0.4, -0.2) is 8.42 Å². The smallest absolute Gasteiger partial charge is 0.264 e. The third kappa shape index (κ3) is 3.09. The molecule has 0 fully saturated rings. The van der Waals surface area contributed by atoms with E-state index in [1.54, 1.807) is 12.1 Å². The second-order valence-electron chi connectivity index (χ2n) is 3.87. The molecule has 5 nitrogen and oxygen atoms in total. The zero-order chi connectivity index (χ0) is 14.8. The number of hydrogen-bond acceptors (Lipinski definition) is 4. The van der Waals surface area contributed by atoms with Gasteiger partial charge in [0.1, 0.15) is 10.7 Å². The van der Waals surface area contributed by atoms with E-state index in [-0.39, 0.29) is 20.7 Å². The minimum Gasteiger partial charge on any atom is -0.323 e. The van der Waals surface area contributed by atoms with Gasteiger partial charge in [0.2, 0.25) is 0 Å². The van der Waals surface area contributed by atoms with Crippen molar-refractivity contribution in [2.75, 3.05) is 10.1 Å². The summed E-state index contributed by atoms with van der Waals surface area (Å²) < 4.78 is 40.2. The number of sulfonamides is 1. The van der Waals surface area contributed by atoms with E-state index in [4.69, 9.17) is 5.84 Å². The van der Waals surface area contributed by atoms with Crippen molar-refractivity contribution in [1.29, 1.82) is 0 Å². The fourth-order valence-electron chi connectivity index (χ4n) is 1.59. The second-order valence-corrected chi connectivity index (χ2v) is 6.38. The second kappa shape index (κ2) is 5.78. The van der Waals surface area contributed by atoms with E-state index in [0.717, 1.165) is 6.07 Å². The number of hydrogen-bond donors (Lipinski definition) is 3. The SMILES string of the molecule is NNc1ccccc1S(=O)(=O)Nc1ccc(F)c(Br)c1. The molecule has 20 heavy (non-hydrogen) atoms. The van der Waals surface area contributed by atoms with Gasteiger partial charge in [-0.25, -0.2) is 12.8 Å². The Bertz CT molecular complexity index is 737. The molecule has 106 valence electrons. The number of nitrogen functional groups attached to an aromatic ring is 1. The first-order chi connectivity index (χ1) is 9.44. The highest BCUT2D eigenvalue weighted by Crippen LogP contribution is 2.25. The van der Waals surface area contributed by atoms with Crippen molar-refractivity contribution in [1.82, 2.24) is 0 Å². The first-order valence-corrected chi connectivity index (χ1v) is 7.75. The molecule has 0 aromatic heterocycles. The zero-order valence-corrected chi connectivity index (χ0v) is 12.5. The summed E-state index contributed by atoms with van der Waals surface area (Å²) >= 11 is 3.00. The molecule has 0 aliphatic rings. The number of para-hydroxylation sites is 1. The highest BCUT2D eigenvalue weighted by molar-refractivity contribution is 9.10. The molecule has 4 N–H and O–H groups in total. The van der Waals surface area contributed by atoms with E-state index in [0.29, 0.717) is 0 Å². The average Bonchev–Trinajstić information content (AvgIpc) is 2.42. The summed E-state index contributed by atoms with van der Waals surface area (Å²) in [6.07, 6.45) is 0. The topological polar surface area (TPSA) is 84.2 Å². The molecular formula is C12H11BrFN3O2S. The van der Waals surface area contributed by atoms with Gasteiger partial charge in [-0.3, -0.25) is 10.6 Å². The summed E-state index contributed by atoms with van der Waals surface area (Å²) in [5.41, 5.74) is 2.83. The molecule has 2 aromatic rings. The molecule has 0 aliphatic carbocycles. The predicted octanol–water partition coefficient (Wildman–Crippen LogP) is 2.67. The lowest BCUT2D eigenvalue weighted by Crippen LogP contribution is -2.17. The Balaban J connectivity index is 2.38. The molecule has 0 aliphatic heterocycles. The number of benzene rings is 2. The molecule has 2 aromatic carbocycles. The van der Waals surface area contributed by atoms with Gasteiger partial charge in [0.25, 0.3) is 10.0 Å². The molecule has 0 unspecified atom stereocenters. The Labute approximate surface area is 124 Å². The van der Waals surface area contributed by atoms with Crippen LogP contribution in [-0.2, 0) is 10.0 Å². The Morgan fingerprint density at radius 3 is 2.50 bits per heavy atom. The number of rotatable bonds is 4. The van der Waals surface area contributed by atoms with Crippen molar-refractivity contribution < 1.29 is 12.8 Å². The molecular weight excluding hydrogens is 349 g/mol. The van der Waals surface area contributed by atoms with E-state index in [1.807, 2.05) is 0 Å². The van der Waals surface area contributed by atoms with Gasteiger partial charge in [-0.1, -0.05) is 12.1 Å². The van der Waals surface area contributed by atoms with Gasteiger partial charge in [-0.15, -0.1) is 0 Å². The van der Waals surface area contributed by atoms with E-state index in [2.05, 4.69) is 26.1 Å². The largest absolute Gasteiger partial charge is 0.323 e. The van der Waals surface area contributed by atoms with Crippen LogP contribution < -0.4 is 16.0 Å². The van der Waals surface area contributed by atoms with Crippen LogP contribution in [0.3, 0.4) is 0 Å². The third-order valence-corrected chi connectivity index (χ3v) is 4.55. The Hall–Kier alpha value is -1.64. The standard InChI is InChI=1S/C12H11BrFN3O2S/c13-9-7-8(5-6-10(9)14)17-20(18,19)12-4-2-1-3-11(12)16-15/h1-7,16-17H,15H2. The summed E-state index contributed by atoms with van der Waals surface area (Å²) in [5, 5.41) is 0. The summed E-state index contributed by atoms with van der Waals surface area (Å²) in [6, 6.07) is 10.0. The van der Waals surface area contributed by atoms with Crippen LogP contribution in [0.4, 0.5) is 15.8 Å². The number of hydrazine groups is 1. The van der Waals surface area contributed by atoms with Crippen molar-refractivity contribution in [3.05, 3.63) is 52.8 Å². The molecule has 0 heterocycles. The monoisotopic (exact) mass is 359 g/mol. The molecule has 0 bridgehead atoms. The van der Waals surface area contributed by atoms with Crippen molar-refractivity contribution in [3.63, 3.8) is 0 Å². The van der Waals surface area contributed by atoms with Gasteiger partial charge in [0.05, 0.1) is 15.8 Å². The summed E-state index contributed by atoms with van der Waals surface area (Å²) in [5.74, 6) is 4.81. The van der Waals surface area contributed by atoms with Crippen molar-refractivity contribution in [2.24, 2.45) is 5.84 Å². The van der Waals surface area contributed by atoms with Gasteiger partial charge in [-0.2, -0.15) is 0 Å². The third-order valence-electron chi connectivity index (χ3n) is 2.50. The van der Waals surface area contributed by atoms with E-state index >= 15 is 0 Å². The highest BCUT2D eigenvalue weighted by atomic mass is 79.9. The first kappa shape index (κ1) is 14.8. The zero-order valence-electron chi connectivity index (χ0n) is 10.1. The first-order valence-electron chi connectivity index (χ1n) is 5.47. The molecule has 2 rings (SSSR count). The van der Waals surface area contributed by atoms with Crippen LogP contribution in [0.2, 0.25) is 0 Å². The maximum Gasteiger partial charge on any atom is 0.264 e. The van der Waals surface area contributed by atoms with Crippen LogP contribution >= 0.6 is 15.9 Å². The summed E-state index contributed by atoms with van der Waals surface area (Å²) in [6.45, 7) is 0. The van der Waals surface area contributed by atoms with Gasteiger partial charge in [0.15, 0.2) is 0 Å². The lowest BCUT2D eigenvalue weighted by atomic mass is 10.3. The van der Waals surface area contributed by atoms with E-state index in [1.165, 1.54) is 24.3 Å². The van der Waals surface area contributed by atoms with Crippen molar-refractivity contribution in [2.45, 2.75) is 4.90 Å². The van der Waals surface area contributed by atoms with Crippen LogP contribution in [0.15, 0.2) is 51.8 Å². The average molecular weight is 360 g/mol. The molecule has 0 saturated carbocycles. The number of anilines is 2. The van der Waals surface area contributed by atoms with Crippen LogP contribution in [0.25, 0.3) is 0 Å². The summed E-state index contributed by atoms with van der Waals surface area (Å²) in [4.78, 5) is 0.00273. The fraction of sp³-hybridized carbons (Fsp3) is 0. The van der Waals surface area contributed by atoms with Crippen LogP contribution in [0, 0.1) is 5.82 Å². The lowest BCUT2D eigenvalue weighted by molar-refractivity contribution is 0.601. The minimum absolute atomic E-state index is 0.00273. The van der Waals surface area contributed by atoms with Crippen LogP contribution in [0.1, 0.15) is 0 Å². The van der Waals surface area contributed by atoms with Crippen LogP contribution in [0.5, 0.6) is 0 Å². The number of halogens is 2. The minimum atomic E-state index is -3.82. The summed E-state index contributed by atoms with van der Waals surface area (Å²) in [7, 11) is -3.82. The normalized spacial score (nSPS) is 11.2. The molecule has 0 amide bonds. The highest BCUT2D eigenvalue weighted by Gasteiger charge is 2.18. The van der Waals surface area contributed by atoms with Gasteiger partial charge in [0, 0.05) is 0 Å². The van der Waals surface area contributed by atoms with Crippen molar-refractivity contribution >= 4 is 37.3 Å². The van der Waals surface area contributed by atoms with Gasteiger partial charge >= 0.3 is 0 Å². The quantitative estimate of drug-likeness (QED) is 0.578. The Morgan fingerprint density at radius 1 is 1.15 bits per heavy atom. The maximum absolute atomic E-state index is 13.1. The predicted molar refractivity (Wildman–Crippen MR) is 79.2 cm³/mol. The molecule has 8 heteroatoms. The Morgan fingerprint density at radius 2 is 1.85 bits per heavy atom. The molecule has 0 spiro atoms. The molecule has 0 atom stereocenters. The number of nitrogens with two attached hydrogens (primary N) is 1. The lowest BCUT2D eigenvalue weighted by Gasteiger charge is -2.12. The van der Waals surface area contributed by atoms with Gasteiger partial charge < -0.3 is 5.43 Å². The molecule has 0 saturated heterocycles. The molecule has 0 radical (unpaired) electrons. The fourth-order valence-corrected chi connectivity index (χ4v) is 3.19. The van der Waals surface area contributed by atoms with E-state index in [9.17, 15) is 12.8 Å². The van der Waals surface area contributed by atoms with E-state index < -0.39 is 15.8 Å².